The highest BCUT2D eigenvalue weighted by Crippen LogP contribution is 2.25. The number of hydrogen-bond donors (Lipinski definition) is 0. The molecule has 1 aromatic heterocycles. The zero-order valence-corrected chi connectivity index (χ0v) is 15.6. The minimum Gasteiger partial charge on any atom is -0.337 e. The van der Waals surface area contributed by atoms with Crippen molar-refractivity contribution in [3.8, 4) is 11.1 Å². The molecule has 4 rings (SSSR count). The van der Waals surface area contributed by atoms with Crippen LogP contribution in [0.2, 0.25) is 0 Å². The smallest absolute Gasteiger partial charge is 0.253 e. The number of carbonyl (C=O) groups excluding carboxylic acids is 1. The van der Waals surface area contributed by atoms with E-state index in [1.165, 1.54) is 31.9 Å². The van der Waals surface area contributed by atoms with E-state index in [-0.39, 0.29) is 11.7 Å². The normalized spacial score (nSPS) is 19.2. The van der Waals surface area contributed by atoms with Crippen molar-refractivity contribution < 1.29 is 9.18 Å². The van der Waals surface area contributed by atoms with Crippen LogP contribution in [-0.2, 0) is 0 Å². The summed E-state index contributed by atoms with van der Waals surface area (Å²) >= 11 is 0. The van der Waals surface area contributed by atoms with Gasteiger partial charge in [-0.15, -0.1) is 0 Å². The zero-order valence-electron chi connectivity index (χ0n) is 15.6. The Morgan fingerprint density at radius 2 is 1.74 bits per heavy atom. The van der Waals surface area contributed by atoms with Gasteiger partial charge in [0.15, 0.2) is 0 Å². The van der Waals surface area contributed by atoms with Crippen LogP contribution >= 0.6 is 0 Å². The number of nitrogens with zero attached hydrogens (tertiary/aromatic N) is 3. The molecule has 1 saturated heterocycles. The molecule has 2 aliphatic rings. The predicted octanol–water partition coefficient (Wildman–Crippen LogP) is 3.98. The van der Waals surface area contributed by atoms with Crippen LogP contribution in [0.3, 0.4) is 0 Å². The average molecular weight is 367 g/mol. The molecule has 27 heavy (non-hydrogen) atoms. The quantitative estimate of drug-likeness (QED) is 0.823. The van der Waals surface area contributed by atoms with Gasteiger partial charge in [0.1, 0.15) is 5.82 Å². The molecule has 2 heterocycles. The molecule has 5 heteroatoms. The first kappa shape index (κ1) is 18.1. The molecule has 142 valence electrons. The highest BCUT2D eigenvalue weighted by Gasteiger charge is 2.26. The van der Waals surface area contributed by atoms with E-state index in [2.05, 4.69) is 9.88 Å². The maximum Gasteiger partial charge on any atom is 0.253 e. The Kier molecular flexibility index (Phi) is 5.48. The zero-order chi connectivity index (χ0) is 18.6. The largest absolute Gasteiger partial charge is 0.337 e. The number of aromatic nitrogens is 1. The van der Waals surface area contributed by atoms with Crippen LogP contribution < -0.4 is 0 Å². The average Bonchev–Trinajstić information content (AvgIpc) is 3.13. The topological polar surface area (TPSA) is 36.4 Å². The van der Waals surface area contributed by atoms with E-state index in [1.807, 2.05) is 17.0 Å². The molecular formula is C22H26FN3O. The Morgan fingerprint density at radius 3 is 2.48 bits per heavy atom. The highest BCUT2D eigenvalue weighted by molar-refractivity contribution is 5.94. The van der Waals surface area contributed by atoms with E-state index in [9.17, 15) is 9.18 Å². The number of benzene rings is 1. The van der Waals surface area contributed by atoms with Gasteiger partial charge in [-0.05, 0) is 43.0 Å². The van der Waals surface area contributed by atoms with Gasteiger partial charge in [-0.2, -0.15) is 0 Å². The van der Waals surface area contributed by atoms with Crippen LogP contribution in [0.15, 0.2) is 42.7 Å². The second-order valence-corrected chi connectivity index (χ2v) is 7.55. The summed E-state index contributed by atoms with van der Waals surface area (Å²) in [4.78, 5) is 21.2. The van der Waals surface area contributed by atoms with Crippen molar-refractivity contribution in [1.82, 2.24) is 14.8 Å². The summed E-state index contributed by atoms with van der Waals surface area (Å²) in [6, 6.07) is 9.60. The van der Waals surface area contributed by atoms with Crippen LogP contribution in [-0.4, -0.2) is 52.9 Å². The van der Waals surface area contributed by atoms with Crippen molar-refractivity contribution in [1.29, 1.82) is 0 Å². The molecule has 0 unspecified atom stereocenters. The third-order valence-corrected chi connectivity index (χ3v) is 5.87. The summed E-state index contributed by atoms with van der Waals surface area (Å²) in [5.74, 6) is -0.277. The van der Waals surface area contributed by atoms with Crippen molar-refractivity contribution in [2.24, 2.45) is 0 Å². The molecular weight excluding hydrogens is 341 g/mol. The number of carbonyl (C=O) groups is 1. The second-order valence-electron chi connectivity index (χ2n) is 7.55. The SMILES string of the molecule is O=C(c1ccc(-c2ccncc2F)cc1)N1CCCN(C2CCCC2)CC1. The first-order valence-corrected chi connectivity index (χ1v) is 9.95. The van der Waals surface area contributed by atoms with Crippen molar-refractivity contribution >= 4 is 5.91 Å². The van der Waals surface area contributed by atoms with Crippen LogP contribution in [0, 0.1) is 5.82 Å². The fraction of sp³-hybridized carbons (Fsp3) is 0.455. The lowest BCUT2D eigenvalue weighted by atomic mass is 10.0. The van der Waals surface area contributed by atoms with E-state index in [0.717, 1.165) is 44.2 Å². The summed E-state index contributed by atoms with van der Waals surface area (Å²) < 4.78 is 13.9. The van der Waals surface area contributed by atoms with Gasteiger partial charge in [-0.3, -0.25) is 14.7 Å². The summed E-state index contributed by atoms with van der Waals surface area (Å²) in [6.45, 7) is 3.66. The molecule has 1 saturated carbocycles. The Balaban J connectivity index is 1.42. The lowest BCUT2D eigenvalue weighted by Gasteiger charge is -2.27. The molecule has 0 atom stereocenters. The minimum absolute atomic E-state index is 0.0741. The highest BCUT2D eigenvalue weighted by atomic mass is 19.1. The van der Waals surface area contributed by atoms with E-state index >= 15 is 0 Å². The second kappa shape index (κ2) is 8.17. The Morgan fingerprint density at radius 1 is 0.963 bits per heavy atom. The number of hydrogen-bond acceptors (Lipinski definition) is 3. The van der Waals surface area contributed by atoms with Gasteiger partial charge >= 0.3 is 0 Å². The monoisotopic (exact) mass is 367 g/mol. The summed E-state index contributed by atoms with van der Waals surface area (Å²) in [5, 5.41) is 0. The van der Waals surface area contributed by atoms with E-state index in [1.54, 1.807) is 24.4 Å². The lowest BCUT2D eigenvalue weighted by Crippen LogP contribution is -2.38. The van der Waals surface area contributed by atoms with E-state index in [0.29, 0.717) is 11.1 Å². The van der Waals surface area contributed by atoms with Crippen LogP contribution in [0.5, 0.6) is 0 Å². The fourth-order valence-electron chi connectivity index (χ4n) is 4.36. The van der Waals surface area contributed by atoms with Gasteiger partial charge in [0.05, 0.1) is 6.20 Å². The van der Waals surface area contributed by atoms with Gasteiger partial charge in [-0.25, -0.2) is 4.39 Å². The van der Waals surface area contributed by atoms with Crippen molar-refractivity contribution in [3.05, 3.63) is 54.1 Å². The van der Waals surface area contributed by atoms with Gasteiger partial charge in [0.25, 0.3) is 5.91 Å². The first-order valence-electron chi connectivity index (χ1n) is 9.95. The third kappa shape index (κ3) is 4.03. The van der Waals surface area contributed by atoms with Crippen molar-refractivity contribution in [2.45, 2.75) is 38.1 Å². The molecule has 1 aliphatic heterocycles. The van der Waals surface area contributed by atoms with Crippen LogP contribution in [0.1, 0.15) is 42.5 Å². The minimum atomic E-state index is -0.351. The summed E-state index contributed by atoms with van der Waals surface area (Å²) in [7, 11) is 0. The van der Waals surface area contributed by atoms with Gasteiger partial charge in [-0.1, -0.05) is 25.0 Å². The van der Waals surface area contributed by atoms with Crippen molar-refractivity contribution in [3.63, 3.8) is 0 Å². The summed E-state index contributed by atoms with van der Waals surface area (Å²) in [5.41, 5.74) is 1.93. The lowest BCUT2D eigenvalue weighted by molar-refractivity contribution is 0.0758. The van der Waals surface area contributed by atoms with Crippen molar-refractivity contribution in [2.75, 3.05) is 26.2 Å². The molecule has 0 N–H and O–H groups in total. The molecule has 2 fully saturated rings. The summed E-state index contributed by atoms with van der Waals surface area (Å²) in [6.07, 6.45) is 9.11. The van der Waals surface area contributed by atoms with Gasteiger partial charge in [0, 0.05) is 49.5 Å². The molecule has 1 amide bonds. The Bertz CT molecular complexity index is 786. The number of rotatable bonds is 3. The van der Waals surface area contributed by atoms with Crippen LogP contribution in [0.4, 0.5) is 4.39 Å². The molecule has 4 nitrogen and oxygen atoms in total. The Labute approximate surface area is 160 Å². The molecule has 0 spiro atoms. The maximum absolute atomic E-state index is 13.9. The number of halogens is 1. The van der Waals surface area contributed by atoms with E-state index < -0.39 is 0 Å². The Hall–Kier alpha value is -2.27. The van der Waals surface area contributed by atoms with Gasteiger partial charge < -0.3 is 4.90 Å². The molecule has 0 radical (unpaired) electrons. The molecule has 1 aromatic carbocycles. The molecule has 0 bridgehead atoms. The molecule has 2 aromatic rings. The predicted molar refractivity (Wildman–Crippen MR) is 104 cm³/mol. The van der Waals surface area contributed by atoms with Crippen LogP contribution in [0.25, 0.3) is 11.1 Å². The standard InChI is InChI=1S/C22H26FN3O/c23-21-16-24-11-10-20(21)17-6-8-18(9-7-17)22(27)26-13-3-12-25(14-15-26)19-4-1-2-5-19/h6-11,16,19H,1-5,12-15H2. The van der Waals surface area contributed by atoms with E-state index in [4.69, 9.17) is 0 Å². The third-order valence-electron chi connectivity index (χ3n) is 5.87. The number of pyridine rings is 1. The van der Waals surface area contributed by atoms with Gasteiger partial charge in [0.2, 0.25) is 0 Å². The first-order chi connectivity index (χ1) is 13.2. The number of amides is 1. The maximum atomic E-state index is 13.9. The molecule has 1 aliphatic carbocycles. The fourth-order valence-corrected chi connectivity index (χ4v) is 4.36.